The molecule has 0 saturated carbocycles. The first-order valence-electron chi connectivity index (χ1n) is 7.05. The lowest BCUT2D eigenvalue weighted by Gasteiger charge is -2.23. The molecule has 112 valence electrons. The van der Waals surface area contributed by atoms with Gasteiger partial charge in [-0.1, -0.05) is 24.3 Å². The van der Waals surface area contributed by atoms with Crippen molar-refractivity contribution in [1.82, 2.24) is 20.0 Å². The Morgan fingerprint density at radius 1 is 1.33 bits per heavy atom. The van der Waals surface area contributed by atoms with Crippen LogP contribution in [0.2, 0.25) is 0 Å². The maximum Gasteiger partial charge on any atom is 0.194 e. The third-order valence-corrected chi connectivity index (χ3v) is 3.59. The molecule has 0 fully saturated rings. The average molecular weight is 285 g/mol. The lowest BCUT2D eigenvalue weighted by molar-refractivity contribution is 0.473. The van der Waals surface area contributed by atoms with Crippen LogP contribution in [0.25, 0.3) is 0 Å². The number of guanidine groups is 1. The molecule has 0 radical (unpaired) electrons. The number of hydrogen-bond donors (Lipinski definition) is 1. The second-order valence-electron chi connectivity index (χ2n) is 5.13. The molecule has 21 heavy (non-hydrogen) atoms. The van der Waals surface area contributed by atoms with E-state index in [1.54, 1.807) is 13.2 Å². The molecule has 1 heterocycles. The summed E-state index contributed by atoms with van der Waals surface area (Å²) in [6, 6.07) is 10.4. The Hall–Kier alpha value is -2.30. The van der Waals surface area contributed by atoms with E-state index in [1.807, 2.05) is 24.8 Å². The lowest BCUT2D eigenvalue weighted by atomic mass is 10.1. The molecule has 0 amide bonds. The van der Waals surface area contributed by atoms with Crippen molar-refractivity contribution in [3.63, 3.8) is 0 Å². The Labute approximate surface area is 126 Å². The van der Waals surface area contributed by atoms with Gasteiger partial charge >= 0.3 is 0 Å². The van der Waals surface area contributed by atoms with Gasteiger partial charge in [-0.15, -0.1) is 0 Å². The zero-order valence-corrected chi connectivity index (χ0v) is 13.2. The first-order valence-corrected chi connectivity index (χ1v) is 7.05. The van der Waals surface area contributed by atoms with E-state index >= 15 is 0 Å². The molecular weight excluding hydrogens is 262 g/mol. The molecule has 2 aromatic rings. The monoisotopic (exact) mass is 285 g/mol. The summed E-state index contributed by atoms with van der Waals surface area (Å²) in [5.41, 5.74) is 3.73. The van der Waals surface area contributed by atoms with E-state index in [9.17, 15) is 0 Å². The Kier molecular flexibility index (Phi) is 4.98. The third-order valence-electron chi connectivity index (χ3n) is 3.59. The van der Waals surface area contributed by atoms with Gasteiger partial charge < -0.3 is 10.2 Å². The van der Waals surface area contributed by atoms with Gasteiger partial charge in [0.05, 0.1) is 12.2 Å². The summed E-state index contributed by atoms with van der Waals surface area (Å²) in [7, 11) is 5.79. The molecule has 0 aliphatic heterocycles. The topological polar surface area (TPSA) is 45.5 Å². The minimum Gasteiger partial charge on any atom is -0.351 e. The van der Waals surface area contributed by atoms with Crippen molar-refractivity contribution >= 4 is 5.96 Å². The second kappa shape index (κ2) is 6.92. The van der Waals surface area contributed by atoms with Crippen LogP contribution in [0, 0.1) is 6.92 Å². The van der Waals surface area contributed by atoms with Gasteiger partial charge in [-0.2, -0.15) is 5.10 Å². The van der Waals surface area contributed by atoms with Gasteiger partial charge in [0.25, 0.3) is 0 Å². The molecule has 1 aromatic heterocycles. The number of aromatic nitrogens is 2. The SMILES string of the molecule is CN=C(NCc1ccnn1C)N(C)Cc1ccccc1C. The fourth-order valence-electron chi connectivity index (χ4n) is 2.25. The Bertz CT molecular complexity index is 615. The van der Waals surface area contributed by atoms with Crippen molar-refractivity contribution in [1.29, 1.82) is 0 Å². The molecule has 0 bridgehead atoms. The molecule has 1 N–H and O–H groups in total. The number of aliphatic imine (C=N–C) groups is 1. The van der Waals surface area contributed by atoms with Crippen molar-refractivity contribution < 1.29 is 0 Å². The van der Waals surface area contributed by atoms with Crippen molar-refractivity contribution in [3.8, 4) is 0 Å². The van der Waals surface area contributed by atoms with E-state index in [-0.39, 0.29) is 0 Å². The normalized spacial score (nSPS) is 11.5. The smallest absolute Gasteiger partial charge is 0.194 e. The van der Waals surface area contributed by atoms with Crippen LogP contribution in [-0.4, -0.2) is 34.7 Å². The number of rotatable bonds is 4. The Morgan fingerprint density at radius 3 is 2.71 bits per heavy atom. The summed E-state index contributed by atoms with van der Waals surface area (Å²) in [5, 5.41) is 7.54. The van der Waals surface area contributed by atoms with E-state index in [4.69, 9.17) is 0 Å². The second-order valence-corrected chi connectivity index (χ2v) is 5.13. The van der Waals surface area contributed by atoms with Gasteiger partial charge in [0.15, 0.2) is 5.96 Å². The zero-order valence-electron chi connectivity index (χ0n) is 13.2. The highest BCUT2D eigenvalue weighted by Crippen LogP contribution is 2.09. The van der Waals surface area contributed by atoms with Crippen molar-refractivity contribution in [2.24, 2.45) is 12.0 Å². The quantitative estimate of drug-likeness (QED) is 0.690. The molecule has 0 unspecified atom stereocenters. The summed E-state index contributed by atoms with van der Waals surface area (Å²) >= 11 is 0. The van der Waals surface area contributed by atoms with Gasteiger partial charge in [-0.3, -0.25) is 9.67 Å². The molecule has 0 aliphatic rings. The van der Waals surface area contributed by atoms with Crippen LogP contribution in [0.5, 0.6) is 0 Å². The summed E-state index contributed by atoms with van der Waals surface area (Å²) in [6.07, 6.45) is 1.80. The zero-order chi connectivity index (χ0) is 15.2. The Balaban J connectivity index is 1.98. The van der Waals surface area contributed by atoms with E-state index in [0.717, 1.165) is 18.2 Å². The van der Waals surface area contributed by atoms with Gasteiger partial charge in [-0.05, 0) is 24.1 Å². The summed E-state index contributed by atoms with van der Waals surface area (Å²) in [5.74, 6) is 0.874. The first-order chi connectivity index (χ1) is 10.1. The molecule has 5 heteroatoms. The number of nitrogens with zero attached hydrogens (tertiary/aromatic N) is 4. The van der Waals surface area contributed by atoms with Crippen molar-refractivity contribution in [2.75, 3.05) is 14.1 Å². The summed E-state index contributed by atoms with van der Waals surface area (Å²) < 4.78 is 1.86. The highest BCUT2D eigenvalue weighted by atomic mass is 15.3. The molecule has 1 aromatic carbocycles. The van der Waals surface area contributed by atoms with Gasteiger partial charge in [0, 0.05) is 33.9 Å². The fraction of sp³-hybridized carbons (Fsp3) is 0.375. The van der Waals surface area contributed by atoms with E-state index in [2.05, 4.69) is 51.5 Å². The van der Waals surface area contributed by atoms with Gasteiger partial charge in [0.1, 0.15) is 0 Å². The van der Waals surface area contributed by atoms with Crippen LogP contribution in [0.1, 0.15) is 16.8 Å². The van der Waals surface area contributed by atoms with Crippen LogP contribution in [-0.2, 0) is 20.1 Å². The van der Waals surface area contributed by atoms with E-state index < -0.39 is 0 Å². The largest absolute Gasteiger partial charge is 0.351 e. The number of aryl methyl sites for hydroxylation is 2. The molecule has 0 aliphatic carbocycles. The first kappa shape index (κ1) is 15.1. The van der Waals surface area contributed by atoms with Crippen LogP contribution >= 0.6 is 0 Å². The van der Waals surface area contributed by atoms with E-state index in [1.165, 1.54) is 11.1 Å². The highest BCUT2D eigenvalue weighted by Gasteiger charge is 2.08. The minimum absolute atomic E-state index is 0.710. The van der Waals surface area contributed by atoms with Crippen LogP contribution in [0.3, 0.4) is 0 Å². The van der Waals surface area contributed by atoms with Crippen molar-refractivity contribution in [2.45, 2.75) is 20.0 Å². The molecule has 0 saturated heterocycles. The maximum absolute atomic E-state index is 4.34. The van der Waals surface area contributed by atoms with Crippen molar-refractivity contribution in [3.05, 3.63) is 53.3 Å². The molecule has 0 atom stereocenters. The molecule has 5 nitrogen and oxygen atoms in total. The maximum atomic E-state index is 4.34. The standard InChI is InChI=1S/C16H23N5/c1-13-7-5-6-8-14(13)12-20(3)16(17-2)18-11-15-9-10-19-21(15)4/h5-10H,11-12H2,1-4H3,(H,17,18). The molecular formula is C16H23N5. The number of benzene rings is 1. The van der Waals surface area contributed by atoms with Crippen LogP contribution in [0.15, 0.2) is 41.5 Å². The minimum atomic E-state index is 0.710. The summed E-state index contributed by atoms with van der Waals surface area (Å²) in [4.78, 5) is 6.47. The Morgan fingerprint density at radius 2 is 2.10 bits per heavy atom. The van der Waals surface area contributed by atoms with Crippen LogP contribution < -0.4 is 5.32 Å². The number of nitrogens with one attached hydrogen (secondary N) is 1. The average Bonchev–Trinajstić information content (AvgIpc) is 2.88. The van der Waals surface area contributed by atoms with Gasteiger partial charge in [0.2, 0.25) is 0 Å². The summed E-state index contributed by atoms with van der Waals surface area (Å²) in [6.45, 7) is 3.67. The predicted octanol–water partition coefficient (Wildman–Crippen LogP) is 1.94. The predicted molar refractivity (Wildman–Crippen MR) is 86.1 cm³/mol. The highest BCUT2D eigenvalue weighted by molar-refractivity contribution is 5.79. The lowest BCUT2D eigenvalue weighted by Crippen LogP contribution is -2.38. The van der Waals surface area contributed by atoms with E-state index in [0.29, 0.717) is 6.54 Å². The van der Waals surface area contributed by atoms with Crippen LogP contribution in [0.4, 0.5) is 0 Å². The molecule has 0 spiro atoms. The third kappa shape index (κ3) is 3.84. The fourth-order valence-corrected chi connectivity index (χ4v) is 2.25. The molecule has 2 rings (SSSR count). The number of hydrogen-bond acceptors (Lipinski definition) is 2. The van der Waals surface area contributed by atoms with Gasteiger partial charge in [-0.25, -0.2) is 0 Å².